The SMILES string of the molecule is CC(C)(C)c1ccccc1N=Cc1cc(Cl)cc(Cl)c1O. The summed E-state index contributed by atoms with van der Waals surface area (Å²) in [7, 11) is 0. The van der Waals surface area contributed by atoms with Gasteiger partial charge in [0.1, 0.15) is 5.75 Å². The fraction of sp³-hybridized carbons (Fsp3) is 0.235. The predicted octanol–water partition coefficient (Wildman–Crippen LogP) is 5.75. The van der Waals surface area contributed by atoms with E-state index in [4.69, 9.17) is 23.2 Å². The molecule has 0 aliphatic heterocycles. The standard InChI is InChI=1S/C17H17Cl2NO/c1-17(2,3)13-6-4-5-7-15(13)20-10-11-8-12(18)9-14(19)16(11)21/h4-10,21H,1-3H3. The summed E-state index contributed by atoms with van der Waals surface area (Å²) in [5.74, 6) is -0.0157. The normalized spacial score (nSPS) is 12.0. The Hall–Kier alpha value is -1.51. The molecule has 21 heavy (non-hydrogen) atoms. The van der Waals surface area contributed by atoms with Crippen LogP contribution in [-0.2, 0) is 5.41 Å². The fourth-order valence-corrected chi connectivity index (χ4v) is 2.55. The number of hydrogen-bond donors (Lipinski definition) is 1. The van der Waals surface area contributed by atoms with E-state index in [1.165, 1.54) is 6.07 Å². The van der Waals surface area contributed by atoms with Gasteiger partial charge >= 0.3 is 0 Å². The number of phenolic OH excluding ortho intramolecular Hbond substituents is 1. The molecular weight excluding hydrogens is 305 g/mol. The van der Waals surface area contributed by atoms with Crippen molar-refractivity contribution in [2.24, 2.45) is 4.99 Å². The molecule has 0 aromatic heterocycles. The van der Waals surface area contributed by atoms with Crippen LogP contribution >= 0.6 is 23.2 Å². The van der Waals surface area contributed by atoms with Crippen molar-refractivity contribution in [1.82, 2.24) is 0 Å². The molecule has 2 rings (SSSR count). The quantitative estimate of drug-likeness (QED) is 0.702. The van der Waals surface area contributed by atoms with Gasteiger partial charge < -0.3 is 5.11 Å². The first-order valence-electron chi connectivity index (χ1n) is 6.60. The zero-order valence-corrected chi connectivity index (χ0v) is 13.7. The topological polar surface area (TPSA) is 32.6 Å². The Bertz CT molecular complexity index is 688. The van der Waals surface area contributed by atoms with Gasteiger partial charge in [-0.1, -0.05) is 62.2 Å². The van der Waals surface area contributed by atoms with Crippen molar-refractivity contribution in [3.63, 3.8) is 0 Å². The van der Waals surface area contributed by atoms with Gasteiger partial charge in [0.15, 0.2) is 0 Å². The second-order valence-corrected chi connectivity index (χ2v) is 6.69. The molecule has 0 fully saturated rings. The van der Waals surface area contributed by atoms with Crippen LogP contribution in [-0.4, -0.2) is 11.3 Å². The highest BCUT2D eigenvalue weighted by molar-refractivity contribution is 6.36. The van der Waals surface area contributed by atoms with E-state index in [2.05, 4.69) is 31.8 Å². The first-order chi connectivity index (χ1) is 9.79. The fourth-order valence-electron chi connectivity index (χ4n) is 2.04. The summed E-state index contributed by atoms with van der Waals surface area (Å²) in [6, 6.07) is 11.1. The molecular formula is C17H17Cl2NO. The zero-order chi connectivity index (χ0) is 15.6. The summed E-state index contributed by atoms with van der Waals surface area (Å²) in [4.78, 5) is 4.48. The van der Waals surface area contributed by atoms with Crippen molar-refractivity contribution >= 4 is 35.1 Å². The molecule has 2 nitrogen and oxygen atoms in total. The van der Waals surface area contributed by atoms with Gasteiger partial charge in [-0.05, 0) is 29.2 Å². The summed E-state index contributed by atoms with van der Waals surface area (Å²) >= 11 is 11.9. The van der Waals surface area contributed by atoms with Crippen molar-refractivity contribution < 1.29 is 5.11 Å². The highest BCUT2D eigenvalue weighted by atomic mass is 35.5. The van der Waals surface area contributed by atoms with Crippen LogP contribution in [0, 0.1) is 0 Å². The van der Waals surface area contributed by atoms with Crippen LogP contribution in [0.3, 0.4) is 0 Å². The molecule has 110 valence electrons. The summed E-state index contributed by atoms with van der Waals surface area (Å²) in [5, 5.41) is 10.6. The monoisotopic (exact) mass is 321 g/mol. The van der Waals surface area contributed by atoms with Gasteiger partial charge in [-0.3, -0.25) is 4.99 Å². The molecule has 0 aliphatic rings. The highest BCUT2D eigenvalue weighted by Crippen LogP contribution is 2.33. The minimum atomic E-state index is -0.0157. The van der Waals surface area contributed by atoms with Crippen molar-refractivity contribution in [2.75, 3.05) is 0 Å². The Morgan fingerprint density at radius 1 is 1.10 bits per heavy atom. The Morgan fingerprint density at radius 3 is 2.43 bits per heavy atom. The lowest BCUT2D eigenvalue weighted by Gasteiger charge is -2.20. The van der Waals surface area contributed by atoms with Crippen LogP contribution in [0.2, 0.25) is 10.0 Å². The molecule has 2 aromatic carbocycles. The molecule has 0 bridgehead atoms. The van der Waals surface area contributed by atoms with E-state index in [9.17, 15) is 5.11 Å². The summed E-state index contributed by atoms with van der Waals surface area (Å²) in [6.45, 7) is 6.40. The number of para-hydroxylation sites is 1. The molecule has 4 heteroatoms. The molecule has 0 radical (unpaired) electrons. The van der Waals surface area contributed by atoms with Gasteiger partial charge in [0.25, 0.3) is 0 Å². The molecule has 2 aromatic rings. The smallest absolute Gasteiger partial charge is 0.143 e. The van der Waals surface area contributed by atoms with Gasteiger partial charge in [0.2, 0.25) is 0 Å². The molecule has 0 spiro atoms. The third kappa shape index (κ3) is 3.78. The van der Waals surface area contributed by atoms with E-state index < -0.39 is 0 Å². The van der Waals surface area contributed by atoms with Gasteiger partial charge in [0.05, 0.1) is 10.7 Å². The van der Waals surface area contributed by atoms with Gasteiger partial charge in [0, 0.05) is 16.8 Å². The number of rotatable bonds is 2. The Kier molecular flexibility index (Phi) is 4.60. The second kappa shape index (κ2) is 6.08. The van der Waals surface area contributed by atoms with Crippen LogP contribution in [0.1, 0.15) is 31.9 Å². The maximum absolute atomic E-state index is 9.95. The molecule has 0 amide bonds. The number of hydrogen-bond acceptors (Lipinski definition) is 2. The van der Waals surface area contributed by atoms with E-state index >= 15 is 0 Å². The third-order valence-corrected chi connectivity index (χ3v) is 3.62. The third-order valence-electron chi connectivity index (χ3n) is 3.11. The highest BCUT2D eigenvalue weighted by Gasteiger charge is 2.17. The number of aliphatic imine (C=N–C) groups is 1. The molecule has 0 atom stereocenters. The van der Waals surface area contributed by atoms with Crippen LogP contribution in [0.4, 0.5) is 5.69 Å². The molecule has 0 unspecified atom stereocenters. The molecule has 0 aliphatic carbocycles. The van der Waals surface area contributed by atoms with Crippen molar-refractivity contribution in [1.29, 1.82) is 0 Å². The largest absolute Gasteiger partial charge is 0.506 e. The Balaban J connectivity index is 2.44. The van der Waals surface area contributed by atoms with Crippen LogP contribution in [0.25, 0.3) is 0 Å². The van der Waals surface area contributed by atoms with Gasteiger partial charge in [-0.15, -0.1) is 0 Å². The van der Waals surface area contributed by atoms with Crippen LogP contribution < -0.4 is 0 Å². The van der Waals surface area contributed by atoms with Crippen LogP contribution in [0.15, 0.2) is 41.4 Å². The minimum absolute atomic E-state index is 0.0119. The Morgan fingerprint density at radius 2 is 1.76 bits per heavy atom. The van der Waals surface area contributed by atoms with E-state index in [1.54, 1.807) is 12.3 Å². The number of phenols is 1. The van der Waals surface area contributed by atoms with E-state index in [0.717, 1.165) is 11.3 Å². The number of nitrogens with zero attached hydrogens (tertiary/aromatic N) is 1. The van der Waals surface area contributed by atoms with E-state index in [0.29, 0.717) is 10.6 Å². The number of aromatic hydroxyl groups is 1. The second-order valence-electron chi connectivity index (χ2n) is 5.85. The van der Waals surface area contributed by atoms with Crippen molar-refractivity contribution in [3.05, 3.63) is 57.6 Å². The predicted molar refractivity (Wildman–Crippen MR) is 90.5 cm³/mol. The van der Waals surface area contributed by atoms with Crippen molar-refractivity contribution in [3.8, 4) is 5.75 Å². The average Bonchev–Trinajstić information content (AvgIpc) is 2.40. The lowest BCUT2D eigenvalue weighted by atomic mass is 9.86. The molecule has 0 heterocycles. The van der Waals surface area contributed by atoms with Crippen molar-refractivity contribution in [2.45, 2.75) is 26.2 Å². The van der Waals surface area contributed by atoms with E-state index in [-0.39, 0.29) is 16.2 Å². The maximum Gasteiger partial charge on any atom is 0.143 e. The van der Waals surface area contributed by atoms with Gasteiger partial charge in [-0.25, -0.2) is 0 Å². The maximum atomic E-state index is 9.95. The molecule has 0 saturated carbocycles. The molecule has 1 N–H and O–H groups in total. The Labute approximate surface area is 135 Å². The lowest BCUT2D eigenvalue weighted by Crippen LogP contribution is -2.11. The summed E-state index contributed by atoms with van der Waals surface area (Å²) in [6.07, 6.45) is 1.58. The zero-order valence-electron chi connectivity index (χ0n) is 12.2. The van der Waals surface area contributed by atoms with E-state index in [1.807, 2.05) is 18.2 Å². The molecule has 0 saturated heterocycles. The first kappa shape index (κ1) is 15.9. The first-order valence-corrected chi connectivity index (χ1v) is 7.36. The number of halogens is 2. The average molecular weight is 322 g/mol. The lowest BCUT2D eigenvalue weighted by molar-refractivity contribution is 0.475. The number of benzene rings is 2. The van der Waals surface area contributed by atoms with Gasteiger partial charge in [-0.2, -0.15) is 0 Å². The minimum Gasteiger partial charge on any atom is -0.506 e. The summed E-state index contributed by atoms with van der Waals surface area (Å²) in [5.41, 5.74) is 2.48. The summed E-state index contributed by atoms with van der Waals surface area (Å²) < 4.78 is 0. The van der Waals surface area contributed by atoms with Crippen LogP contribution in [0.5, 0.6) is 5.75 Å².